The SMILES string of the molecule is CCCCCCCN(C(=O)C(NC(=O)OC(C)(C)C)C(C)C)C(C(=O)NC(C)C)c1ccc(C)cc1C. The Hall–Kier alpha value is -2.57. The van der Waals surface area contributed by atoms with E-state index >= 15 is 0 Å². The van der Waals surface area contributed by atoms with Gasteiger partial charge in [0.05, 0.1) is 0 Å². The fourth-order valence-electron chi connectivity index (χ4n) is 4.33. The van der Waals surface area contributed by atoms with Crippen molar-refractivity contribution >= 4 is 17.9 Å². The van der Waals surface area contributed by atoms with Crippen molar-refractivity contribution in [3.8, 4) is 0 Å². The number of nitrogens with zero attached hydrogens (tertiary/aromatic N) is 1. The second kappa shape index (κ2) is 15.0. The van der Waals surface area contributed by atoms with Gasteiger partial charge in [-0.15, -0.1) is 0 Å². The maximum Gasteiger partial charge on any atom is 0.408 e. The fourth-order valence-corrected chi connectivity index (χ4v) is 4.33. The summed E-state index contributed by atoms with van der Waals surface area (Å²) in [7, 11) is 0. The molecule has 0 saturated heterocycles. The maximum atomic E-state index is 14.2. The van der Waals surface area contributed by atoms with Crippen LogP contribution in [0.3, 0.4) is 0 Å². The van der Waals surface area contributed by atoms with E-state index in [4.69, 9.17) is 4.74 Å². The van der Waals surface area contributed by atoms with Crippen LogP contribution in [0, 0.1) is 19.8 Å². The Morgan fingerprint density at radius 1 is 0.946 bits per heavy atom. The van der Waals surface area contributed by atoms with Gasteiger partial charge in [0.25, 0.3) is 0 Å². The monoisotopic (exact) mass is 517 g/mol. The quantitative estimate of drug-likeness (QED) is 0.304. The topological polar surface area (TPSA) is 87.7 Å². The predicted octanol–water partition coefficient (Wildman–Crippen LogP) is 6.22. The Morgan fingerprint density at radius 2 is 1.57 bits per heavy atom. The van der Waals surface area contributed by atoms with Crippen molar-refractivity contribution in [1.29, 1.82) is 0 Å². The molecule has 7 heteroatoms. The van der Waals surface area contributed by atoms with E-state index in [2.05, 4.69) is 17.6 Å². The fraction of sp³-hybridized carbons (Fsp3) is 0.700. The Bertz CT molecular complexity index is 889. The summed E-state index contributed by atoms with van der Waals surface area (Å²) in [6.45, 7) is 19.5. The molecule has 0 aliphatic rings. The third-order valence-electron chi connectivity index (χ3n) is 6.10. The minimum Gasteiger partial charge on any atom is -0.444 e. The molecule has 2 unspecified atom stereocenters. The summed E-state index contributed by atoms with van der Waals surface area (Å²) in [5.41, 5.74) is 2.15. The van der Waals surface area contributed by atoms with Crippen LogP contribution in [0.15, 0.2) is 18.2 Å². The van der Waals surface area contributed by atoms with E-state index in [1.54, 1.807) is 25.7 Å². The Balaban J connectivity index is 3.49. The highest BCUT2D eigenvalue weighted by atomic mass is 16.6. The average Bonchev–Trinajstić information content (AvgIpc) is 2.75. The van der Waals surface area contributed by atoms with Crippen LogP contribution in [-0.4, -0.2) is 47.0 Å². The molecule has 0 heterocycles. The number of amides is 3. The zero-order valence-corrected chi connectivity index (χ0v) is 24.9. The first-order valence-corrected chi connectivity index (χ1v) is 13.8. The largest absolute Gasteiger partial charge is 0.444 e. The van der Waals surface area contributed by atoms with E-state index in [-0.39, 0.29) is 23.8 Å². The van der Waals surface area contributed by atoms with E-state index in [0.29, 0.717) is 6.54 Å². The lowest BCUT2D eigenvalue weighted by Crippen LogP contribution is -2.55. The van der Waals surface area contributed by atoms with E-state index in [1.165, 1.54) is 0 Å². The summed E-state index contributed by atoms with van der Waals surface area (Å²) in [6, 6.07) is 4.24. The van der Waals surface area contributed by atoms with Gasteiger partial charge in [0.1, 0.15) is 17.7 Å². The van der Waals surface area contributed by atoms with E-state index < -0.39 is 23.8 Å². The highest BCUT2D eigenvalue weighted by Gasteiger charge is 2.38. The Labute approximate surface area is 225 Å². The van der Waals surface area contributed by atoms with Crippen LogP contribution in [-0.2, 0) is 14.3 Å². The summed E-state index contributed by atoms with van der Waals surface area (Å²) in [5.74, 6) is -0.695. The predicted molar refractivity (Wildman–Crippen MR) is 150 cm³/mol. The molecule has 3 amide bonds. The van der Waals surface area contributed by atoms with Crippen molar-refractivity contribution in [3.05, 3.63) is 34.9 Å². The molecule has 0 aliphatic carbocycles. The zero-order chi connectivity index (χ0) is 28.3. The maximum absolute atomic E-state index is 14.2. The summed E-state index contributed by atoms with van der Waals surface area (Å²) in [5, 5.41) is 5.81. The number of aryl methyl sites for hydroxylation is 2. The molecule has 37 heavy (non-hydrogen) atoms. The van der Waals surface area contributed by atoms with Crippen LogP contribution < -0.4 is 10.6 Å². The summed E-state index contributed by atoms with van der Waals surface area (Å²) in [6.07, 6.45) is 4.44. The van der Waals surface area contributed by atoms with Gasteiger partial charge < -0.3 is 20.3 Å². The lowest BCUT2D eigenvalue weighted by Gasteiger charge is -2.36. The summed E-state index contributed by atoms with van der Waals surface area (Å²) in [4.78, 5) is 42.2. The standard InChI is InChI=1S/C30H51N3O4/c1-11-12-13-14-15-18-33(28(35)25(20(2)3)32-29(36)37-30(8,9)10)26(27(34)31-21(4)5)24-17-16-22(6)19-23(24)7/h16-17,19-21,25-26H,11-15,18H2,1-10H3,(H,31,34)(H,32,36). The van der Waals surface area contributed by atoms with Crippen molar-refractivity contribution in [2.24, 2.45) is 5.92 Å². The molecule has 0 radical (unpaired) electrons. The van der Waals surface area contributed by atoms with E-state index in [9.17, 15) is 14.4 Å². The number of ether oxygens (including phenoxy) is 1. The molecule has 0 spiro atoms. The van der Waals surface area contributed by atoms with Crippen LogP contribution >= 0.6 is 0 Å². The van der Waals surface area contributed by atoms with Crippen LogP contribution in [0.1, 0.15) is 110 Å². The van der Waals surface area contributed by atoms with Gasteiger partial charge in [-0.1, -0.05) is 70.2 Å². The smallest absolute Gasteiger partial charge is 0.408 e. The van der Waals surface area contributed by atoms with Crippen LogP contribution in [0.4, 0.5) is 4.79 Å². The van der Waals surface area contributed by atoms with Crippen molar-refractivity contribution < 1.29 is 19.1 Å². The first-order valence-electron chi connectivity index (χ1n) is 13.8. The van der Waals surface area contributed by atoms with Gasteiger partial charge in [0, 0.05) is 12.6 Å². The molecular weight excluding hydrogens is 466 g/mol. The lowest BCUT2D eigenvalue weighted by molar-refractivity contribution is -0.143. The number of alkyl carbamates (subject to hydrolysis) is 1. The van der Waals surface area contributed by atoms with Crippen LogP contribution in [0.2, 0.25) is 0 Å². The molecule has 1 aromatic rings. The molecule has 0 saturated carbocycles. The summed E-state index contributed by atoms with van der Waals surface area (Å²) < 4.78 is 5.45. The first-order chi connectivity index (χ1) is 17.2. The highest BCUT2D eigenvalue weighted by Crippen LogP contribution is 2.28. The normalized spacial score (nSPS) is 13.3. The first kappa shape index (κ1) is 32.5. The number of rotatable bonds is 13. The van der Waals surface area contributed by atoms with Crippen molar-refractivity contribution in [2.45, 2.75) is 125 Å². The number of hydrogen-bond acceptors (Lipinski definition) is 4. The molecule has 0 aliphatic heterocycles. The van der Waals surface area contributed by atoms with E-state index in [0.717, 1.165) is 48.8 Å². The second-order valence-corrected chi connectivity index (χ2v) is 11.7. The van der Waals surface area contributed by atoms with Crippen LogP contribution in [0.25, 0.3) is 0 Å². The molecule has 0 fully saturated rings. The number of carbonyl (C=O) groups excluding carboxylic acids is 3. The third kappa shape index (κ3) is 11.1. The van der Waals surface area contributed by atoms with Gasteiger partial charge in [-0.05, 0) is 71.9 Å². The minimum atomic E-state index is -0.828. The number of hydrogen-bond donors (Lipinski definition) is 2. The third-order valence-corrected chi connectivity index (χ3v) is 6.10. The molecule has 7 nitrogen and oxygen atoms in total. The molecule has 1 aromatic carbocycles. The second-order valence-electron chi connectivity index (χ2n) is 11.7. The molecule has 0 bridgehead atoms. The number of nitrogens with one attached hydrogen (secondary N) is 2. The molecule has 1 rings (SSSR count). The number of carbonyl (C=O) groups is 3. The Morgan fingerprint density at radius 3 is 2.08 bits per heavy atom. The molecule has 210 valence electrons. The Kier molecular flexibility index (Phi) is 13.2. The van der Waals surface area contributed by atoms with Crippen LogP contribution in [0.5, 0.6) is 0 Å². The minimum absolute atomic E-state index is 0.0805. The van der Waals surface area contributed by atoms with Gasteiger partial charge in [0.2, 0.25) is 11.8 Å². The number of unbranched alkanes of at least 4 members (excludes halogenated alkanes) is 4. The van der Waals surface area contributed by atoms with Crippen molar-refractivity contribution in [2.75, 3.05) is 6.54 Å². The average molecular weight is 518 g/mol. The van der Waals surface area contributed by atoms with Crippen molar-refractivity contribution in [3.63, 3.8) is 0 Å². The number of benzene rings is 1. The van der Waals surface area contributed by atoms with Gasteiger partial charge in [0.15, 0.2) is 0 Å². The molecule has 0 aromatic heterocycles. The zero-order valence-electron chi connectivity index (χ0n) is 24.9. The van der Waals surface area contributed by atoms with Gasteiger partial charge in [-0.25, -0.2) is 4.79 Å². The molecule has 2 atom stereocenters. The summed E-state index contributed by atoms with van der Waals surface area (Å²) >= 11 is 0. The van der Waals surface area contributed by atoms with Gasteiger partial charge >= 0.3 is 6.09 Å². The van der Waals surface area contributed by atoms with E-state index in [1.807, 2.05) is 59.7 Å². The van der Waals surface area contributed by atoms with Crippen molar-refractivity contribution in [1.82, 2.24) is 15.5 Å². The molecular formula is C30H51N3O4. The molecule has 2 N–H and O–H groups in total. The van der Waals surface area contributed by atoms with Gasteiger partial charge in [-0.3, -0.25) is 9.59 Å². The highest BCUT2D eigenvalue weighted by molar-refractivity contribution is 5.92. The van der Waals surface area contributed by atoms with Gasteiger partial charge in [-0.2, -0.15) is 0 Å². The lowest BCUT2D eigenvalue weighted by atomic mass is 9.94.